The average Bonchev–Trinajstić information content (AvgIpc) is 2.56. The van der Waals surface area contributed by atoms with E-state index in [4.69, 9.17) is 0 Å². The molecule has 3 heteroatoms. The molecule has 0 aromatic carbocycles. The van der Waals surface area contributed by atoms with Gasteiger partial charge in [-0.3, -0.25) is 0 Å². The summed E-state index contributed by atoms with van der Waals surface area (Å²) < 4.78 is 0. The fourth-order valence-electron chi connectivity index (χ4n) is 1.23. The summed E-state index contributed by atoms with van der Waals surface area (Å²) in [5.41, 5.74) is 0. The van der Waals surface area contributed by atoms with Crippen LogP contribution in [0.5, 0.6) is 0 Å². The first-order valence-electron chi connectivity index (χ1n) is 4.89. The summed E-state index contributed by atoms with van der Waals surface area (Å²) in [5.74, 6) is 0.550. The molecule has 0 saturated heterocycles. The molecule has 0 N–H and O–H groups in total. The normalized spacial score (nSPS) is 10.8. The van der Waals surface area contributed by atoms with Gasteiger partial charge in [-0.15, -0.1) is 11.3 Å². The minimum Gasteiger partial charge on any atom is -0.363 e. The lowest BCUT2D eigenvalue weighted by Crippen LogP contribution is -2.20. The molecule has 2 nitrogen and oxygen atoms in total. The molecule has 0 aliphatic heterocycles. The maximum atomic E-state index is 4.41. The van der Waals surface area contributed by atoms with Gasteiger partial charge >= 0.3 is 0 Å². The first-order valence-corrected chi connectivity index (χ1v) is 5.71. The van der Waals surface area contributed by atoms with E-state index in [0.717, 1.165) is 13.1 Å². The minimum absolute atomic E-state index is 0.550. The molecule has 0 atom stereocenters. The third kappa shape index (κ3) is 2.44. The van der Waals surface area contributed by atoms with Gasteiger partial charge in [0.05, 0.1) is 11.2 Å². The largest absolute Gasteiger partial charge is 0.363 e. The summed E-state index contributed by atoms with van der Waals surface area (Å²) in [5, 5.41) is 2.54. The zero-order valence-electron chi connectivity index (χ0n) is 8.87. The van der Waals surface area contributed by atoms with Gasteiger partial charge < -0.3 is 4.90 Å². The lowest BCUT2D eigenvalue weighted by Gasteiger charge is -2.17. The van der Waals surface area contributed by atoms with Crippen molar-refractivity contribution < 1.29 is 0 Å². The van der Waals surface area contributed by atoms with Crippen LogP contribution < -0.4 is 4.90 Å². The predicted octanol–water partition coefficient (Wildman–Crippen LogP) is 3.11. The van der Waals surface area contributed by atoms with Crippen molar-refractivity contribution in [3.8, 4) is 0 Å². The van der Waals surface area contributed by atoms with Crippen molar-refractivity contribution in [2.45, 2.75) is 33.6 Å². The van der Waals surface area contributed by atoms with Gasteiger partial charge in [-0.05, 0) is 13.8 Å². The Bertz CT molecular complexity index is 251. The monoisotopic (exact) mass is 198 g/mol. The first-order chi connectivity index (χ1) is 6.19. The van der Waals surface area contributed by atoms with Crippen LogP contribution in [0.25, 0.3) is 0 Å². The van der Waals surface area contributed by atoms with Gasteiger partial charge in [-0.2, -0.15) is 0 Å². The molecule has 1 heterocycles. The van der Waals surface area contributed by atoms with E-state index < -0.39 is 0 Å². The van der Waals surface area contributed by atoms with E-state index in [-0.39, 0.29) is 0 Å². The summed E-state index contributed by atoms with van der Waals surface area (Å²) in [7, 11) is 0. The molecule has 0 amide bonds. The van der Waals surface area contributed by atoms with E-state index in [1.165, 1.54) is 10.0 Å². The zero-order chi connectivity index (χ0) is 9.84. The van der Waals surface area contributed by atoms with Crippen LogP contribution in [-0.2, 0) is 0 Å². The fraction of sp³-hybridized carbons (Fsp3) is 0.700. The highest BCUT2D eigenvalue weighted by atomic mass is 32.1. The lowest BCUT2D eigenvalue weighted by molar-refractivity contribution is 0.851. The van der Waals surface area contributed by atoms with Crippen molar-refractivity contribution in [1.82, 2.24) is 4.98 Å². The molecule has 0 radical (unpaired) electrons. The molecule has 0 saturated carbocycles. The van der Waals surface area contributed by atoms with Crippen LogP contribution in [0.3, 0.4) is 0 Å². The number of hydrogen-bond acceptors (Lipinski definition) is 3. The molecule has 1 aromatic heterocycles. The molecule has 13 heavy (non-hydrogen) atoms. The van der Waals surface area contributed by atoms with Crippen LogP contribution in [-0.4, -0.2) is 18.1 Å². The van der Waals surface area contributed by atoms with Crippen LogP contribution in [0.4, 0.5) is 5.00 Å². The van der Waals surface area contributed by atoms with Crippen molar-refractivity contribution >= 4 is 16.3 Å². The smallest absolute Gasteiger partial charge is 0.111 e. The van der Waals surface area contributed by atoms with Crippen LogP contribution >= 0.6 is 11.3 Å². The van der Waals surface area contributed by atoms with E-state index in [0.29, 0.717) is 5.92 Å². The Balaban J connectivity index is 2.78. The summed E-state index contributed by atoms with van der Waals surface area (Å²) in [6, 6.07) is 0. The van der Waals surface area contributed by atoms with Crippen molar-refractivity contribution in [2.24, 2.45) is 0 Å². The van der Waals surface area contributed by atoms with Crippen molar-refractivity contribution in [2.75, 3.05) is 18.0 Å². The van der Waals surface area contributed by atoms with Crippen molar-refractivity contribution in [3.63, 3.8) is 0 Å². The van der Waals surface area contributed by atoms with Gasteiger partial charge in [-0.25, -0.2) is 4.98 Å². The van der Waals surface area contributed by atoms with Gasteiger partial charge in [-0.1, -0.05) is 13.8 Å². The Morgan fingerprint density at radius 1 is 1.38 bits per heavy atom. The first kappa shape index (κ1) is 10.5. The molecule has 0 spiro atoms. The lowest BCUT2D eigenvalue weighted by atomic mass is 10.2. The van der Waals surface area contributed by atoms with Gasteiger partial charge in [0, 0.05) is 19.0 Å². The molecule has 1 rings (SSSR count). The Kier molecular flexibility index (Phi) is 3.72. The van der Waals surface area contributed by atoms with Gasteiger partial charge in [0.25, 0.3) is 0 Å². The van der Waals surface area contributed by atoms with Gasteiger partial charge in [0.2, 0.25) is 0 Å². The average molecular weight is 198 g/mol. The molecule has 0 aliphatic carbocycles. The zero-order valence-corrected chi connectivity index (χ0v) is 9.69. The third-order valence-corrected chi connectivity index (χ3v) is 3.44. The maximum absolute atomic E-state index is 4.41. The van der Waals surface area contributed by atoms with Crippen LogP contribution in [0, 0.1) is 0 Å². The summed E-state index contributed by atoms with van der Waals surface area (Å²) in [6.45, 7) is 10.9. The molecule has 1 aromatic rings. The molecule has 74 valence electrons. The molecule has 0 aliphatic rings. The van der Waals surface area contributed by atoms with E-state index in [2.05, 4.69) is 37.6 Å². The second-order valence-electron chi connectivity index (χ2n) is 3.36. The summed E-state index contributed by atoms with van der Waals surface area (Å²) >= 11 is 1.81. The van der Waals surface area contributed by atoms with E-state index in [9.17, 15) is 0 Å². The quantitative estimate of drug-likeness (QED) is 0.739. The topological polar surface area (TPSA) is 16.1 Å². The second kappa shape index (κ2) is 4.61. The molecule has 0 bridgehead atoms. The van der Waals surface area contributed by atoms with Gasteiger partial charge in [0.1, 0.15) is 5.00 Å². The van der Waals surface area contributed by atoms with Gasteiger partial charge in [0.15, 0.2) is 0 Å². The molecular formula is C10H18N2S. The Morgan fingerprint density at radius 2 is 2.00 bits per heavy atom. The highest BCUT2D eigenvalue weighted by Gasteiger charge is 2.08. The van der Waals surface area contributed by atoms with E-state index >= 15 is 0 Å². The van der Waals surface area contributed by atoms with Crippen LogP contribution in [0.1, 0.15) is 38.6 Å². The highest BCUT2D eigenvalue weighted by Crippen LogP contribution is 2.27. The Hall–Kier alpha value is -0.570. The van der Waals surface area contributed by atoms with Crippen molar-refractivity contribution in [1.29, 1.82) is 0 Å². The third-order valence-electron chi connectivity index (χ3n) is 2.08. The van der Waals surface area contributed by atoms with Crippen LogP contribution in [0.2, 0.25) is 0 Å². The standard InChI is InChI=1S/C10H18N2S/c1-5-12(6-2)9-7-11-10(13-9)8(3)4/h7-8H,5-6H2,1-4H3. The Labute approximate surface area is 84.6 Å². The van der Waals surface area contributed by atoms with E-state index in [1.54, 1.807) is 0 Å². The van der Waals surface area contributed by atoms with Crippen molar-refractivity contribution in [3.05, 3.63) is 11.2 Å². The Morgan fingerprint density at radius 3 is 2.38 bits per heavy atom. The van der Waals surface area contributed by atoms with E-state index in [1.807, 2.05) is 17.5 Å². The van der Waals surface area contributed by atoms with Crippen LogP contribution in [0.15, 0.2) is 6.20 Å². The molecular weight excluding hydrogens is 180 g/mol. The molecule has 0 unspecified atom stereocenters. The number of hydrogen-bond donors (Lipinski definition) is 0. The summed E-state index contributed by atoms with van der Waals surface area (Å²) in [4.78, 5) is 6.75. The number of aromatic nitrogens is 1. The number of anilines is 1. The maximum Gasteiger partial charge on any atom is 0.111 e. The minimum atomic E-state index is 0.550. The number of nitrogens with zero attached hydrogens (tertiary/aromatic N) is 2. The predicted molar refractivity (Wildman–Crippen MR) is 59.8 cm³/mol. The SMILES string of the molecule is CCN(CC)c1cnc(C(C)C)s1. The number of thiazole rings is 1. The highest BCUT2D eigenvalue weighted by molar-refractivity contribution is 7.15. The fourth-order valence-corrected chi connectivity index (χ4v) is 2.28. The second-order valence-corrected chi connectivity index (χ2v) is 4.40. The summed E-state index contributed by atoms with van der Waals surface area (Å²) in [6.07, 6.45) is 1.99. The number of rotatable bonds is 4. The molecule has 0 fully saturated rings.